The molecule has 3 rings (SSSR count). The molecule has 130 valence electrons. The van der Waals surface area contributed by atoms with Crippen molar-refractivity contribution < 1.29 is 18.1 Å². The van der Waals surface area contributed by atoms with Gasteiger partial charge in [-0.2, -0.15) is 18.8 Å². The Hall–Kier alpha value is -3.55. The molecule has 3 N–H and O–H groups in total. The van der Waals surface area contributed by atoms with E-state index in [9.17, 15) is 18.3 Å². The number of hydrogen-bond acceptors (Lipinski definition) is 7. The molecule has 0 aliphatic carbocycles. The summed E-state index contributed by atoms with van der Waals surface area (Å²) < 4.78 is 31.6. The smallest absolute Gasteiger partial charge is 0.294 e. The summed E-state index contributed by atoms with van der Waals surface area (Å²) in [5.41, 5.74) is -0.391. The number of H-pyrrole nitrogens is 1. The van der Waals surface area contributed by atoms with Crippen molar-refractivity contribution >= 4 is 32.4 Å². The average Bonchev–Trinajstić information content (AvgIpc) is 2.60. The first-order valence-electron chi connectivity index (χ1n) is 7.08. The van der Waals surface area contributed by atoms with Crippen LogP contribution in [0.15, 0.2) is 62.4 Å². The third-order valence-corrected chi connectivity index (χ3v) is 4.32. The molecule has 10 heteroatoms. The summed E-state index contributed by atoms with van der Waals surface area (Å²) in [7, 11) is -4.48. The van der Waals surface area contributed by atoms with Crippen LogP contribution in [0.1, 0.15) is 5.56 Å². The minimum atomic E-state index is -4.48. The van der Waals surface area contributed by atoms with Crippen molar-refractivity contribution in [3.8, 4) is 11.8 Å². The van der Waals surface area contributed by atoms with Crippen LogP contribution in [0.3, 0.4) is 0 Å². The van der Waals surface area contributed by atoms with Gasteiger partial charge in [0.25, 0.3) is 15.7 Å². The second-order valence-electron chi connectivity index (χ2n) is 5.20. The number of rotatable bonds is 3. The van der Waals surface area contributed by atoms with Crippen LogP contribution in [0.25, 0.3) is 10.9 Å². The van der Waals surface area contributed by atoms with Gasteiger partial charge in [-0.3, -0.25) is 9.35 Å². The molecule has 0 saturated heterocycles. The minimum Gasteiger partial charge on any atom is -0.505 e. The van der Waals surface area contributed by atoms with Gasteiger partial charge in [0.1, 0.15) is 0 Å². The third kappa shape index (κ3) is 3.30. The Kier molecular flexibility index (Phi) is 4.25. The van der Waals surface area contributed by atoms with E-state index in [0.717, 1.165) is 12.1 Å². The molecule has 26 heavy (non-hydrogen) atoms. The van der Waals surface area contributed by atoms with E-state index in [1.165, 1.54) is 12.1 Å². The van der Waals surface area contributed by atoms with Gasteiger partial charge in [-0.1, -0.05) is 6.07 Å². The van der Waals surface area contributed by atoms with E-state index in [-0.39, 0.29) is 16.6 Å². The lowest BCUT2D eigenvalue weighted by Gasteiger charge is -2.05. The molecule has 9 nitrogen and oxygen atoms in total. The van der Waals surface area contributed by atoms with Gasteiger partial charge in [-0.25, -0.2) is 0 Å². The highest BCUT2D eigenvalue weighted by Gasteiger charge is 2.16. The van der Waals surface area contributed by atoms with Gasteiger partial charge in [0, 0.05) is 5.39 Å². The SMILES string of the molecule is N#Cc1cccc(N=Nc2c(O)c3cc(S(=O)(=O)O)ccc3[nH]c2=O)c1. The van der Waals surface area contributed by atoms with Gasteiger partial charge in [-0.15, -0.1) is 5.11 Å². The van der Waals surface area contributed by atoms with E-state index in [1.807, 2.05) is 6.07 Å². The Morgan fingerprint density at radius 2 is 1.88 bits per heavy atom. The van der Waals surface area contributed by atoms with E-state index in [1.54, 1.807) is 18.2 Å². The van der Waals surface area contributed by atoms with Gasteiger partial charge in [0.2, 0.25) is 0 Å². The first kappa shape index (κ1) is 17.3. The fourth-order valence-corrected chi connectivity index (χ4v) is 2.75. The van der Waals surface area contributed by atoms with Gasteiger partial charge in [-0.05, 0) is 36.4 Å². The number of aromatic hydroxyl groups is 1. The van der Waals surface area contributed by atoms with E-state index < -0.39 is 32.0 Å². The van der Waals surface area contributed by atoms with Crippen molar-refractivity contribution in [2.45, 2.75) is 4.90 Å². The second-order valence-corrected chi connectivity index (χ2v) is 6.62. The van der Waals surface area contributed by atoms with Crippen molar-refractivity contribution in [2.75, 3.05) is 0 Å². The summed E-state index contributed by atoms with van der Waals surface area (Å²) in [4.78, 5) is 14.1. The second kappa shape index (κ2) is 6.40. The number of nitrogens with one attached hydrogen (secondary N) is 1. The lowest BCUT2D eigenvalue weighted by atomic mass is 10.2. The largest absolute Gasteiger partial charge is 0.505 e. The van der Waals surface area contributed by atoms with Crippen LogP contribution >= 0.6 is 0 Å². The fraction of sp³-hybridized carbons (Fsp3) is 0. The molecule has 0 atom stereocenters. The molecule has 1 aromatic heterocycles. The number of nitriles is 1. The van der Waals surface area contributed by atoms with Crippen molar-refractivity contribution in [3.63, 3.8) is 0 Å². The maximum absolute atomic E-state index is 12.1. The van der Waals surface area contributed by atoms with Crippen molar-refractivity contribution in [1.82, 2.24) is 4.98 Å². The number of benzene rings is 2. The van der Waals surface area contributed by atoms with Crippen LogP contribution in [-0.2, 0) is 10.1 Å². The van der Waals surface area contributed by atoms with Crippen molar-refractivity contribution in [3.05, 3.63) is 58.4 Å². The quantitative estimate of drug-likeness (QED) is 0.475. The summed E-state index contributed by atoms with van der Waals surface area (Å²) in [6.07, 6.45) is 0. The summed E-state index contributed by atoms with van der Waals surface area (Å²) in [6.45, 7) is 0. The monoisotopic (exact) mass is 370 g/mol. The molecule has 3 aromatic rings. The van der Waals surface area contributed by atoms with E-state index in [0.29, 0.717) is 5.56 Å². The van der Waals surface area contributed by atoms with Crippen LogP contribution in [0, 0.1) is 11.3 Å². The highest BCUT2D eigenvalue weighted by Crippen LogP contribution is 2.32. The zero-order valence-corrected chi connectivity index (χ0v) is 13.7. The molecular weight excluding hydrogens is 360 g/mol. The maximum Gasteiger partial charge on any atom is 0.294 e. The normalized spacial score (nSPS) is 11.7. The van der Waals surface area contributed by atoms with Gasteiger partial charge in [0.05, 0.1) is 27.7 Å². The van der Waals surface area contributed by atoms with E-state index >= 15 is 0 Å². The average molecular weight is 370 g/mol. The summed E-state index contributed by atoms with van der Waals surface area (Å²) >= 11 is 0. The van der Waals surface area contributed by atoms with Gasteiger partial charge < -0.3 is 10.1 Å². The molecule has 0 aliphatic rings. The zero-order chi connectivity index (χ0) is 18.9. The Morgan fingerprint density at radius 1 is 1.12 bits per heavy atom. The lowest BCUT2D eigenvalue weighted by Crippen LogP contribution is -2.06. The molecule has 0 unspecified atom stereocenters. The number of nitrogens with zero attached hydrogens (tertiary/aromatic N) is 3. The molecule has 0 bridgehead atoms. The zero-order valence-electron chi connectivity index (χ0n) is 12.9. The molecule has 0 saturated carbocycles. The standard InChI is InChI=1S/C16H10N4O5S/c17-8-9-2-1-3-10(6-9)19-20-14-15(21)12-7-11(26(23,24)25)4-5-13(12)18-16(14)22/h1-7H,(H2,18,21,22)(H,23,24,25). The number of hydrogen-bond donors (Lipinski definition) is 3. The van der Waals surface area contributed by atoms with Gasteiger partial charge in [0.15, 0.2) is 11.4 Å². The molecule has 0 radical (unpaired) electrons. The van der Waals surface area contributed by atoms with Crippen LogP contribution in [0.2, 0.25) is 0 Å². The first-order chi connectivity index (χ1) is 12.3. The number of fused-ring (bicyclic) bond motifs is 1. The third-order valence-electron chi connectivity index (χ3n) is 3.47. The molecule has 0 fully saturated rings. The van der Waals surface area contributed by atoms with Crippen LogP contribution in [-0.4, -0.2) is 23.1 Å². The highest BCUT2D eigenvalue weighted by molar-refractivity contribution is 7.85. The number of azo groups is 1. The van der Waals surface area contributed by atoms with Crippen molar-refractivity contribution in [2.24, 2.45) is 10.2 Å². The number of pyridine rings is 1. The molecule has 0 amide bonds. The predicted octanol–water partition coefficient (Wildman–Crippen LogP) is 2.77. The maximum atomic E-state index is 12.1. The molecule has 0 aliphatic heterocycles. The summed E-state index contributed by atoms with van der Waals surface area (Å²) in [6, 6.07) is 11.4. The van der Waals surface area contributed by atoms with Gasteiger partial charge >= 0.3 is 0 Å². The first-order valence-corrected chi connectivity index (χ1v) is 8.52. The van der Waals surface area contributed by atoms with Crippen molar-refractivity contribution in [1.29, 1.82) is 5.26 Å². The minimum absolute atomic E-state index is 0.0283. The molecule has 1 heterocycles. The summed E-state index contributed by atoms with van der Waals surface area (Å²) in [5.74, 6) is -0.588. The fourth-order valence-electron chi connectivity index (χ4n) is 2.24. The molecule has 2 aromatic carbocycles. The Labute approximate surface area is 146 Å². The van der Waals surface area contributed by atoms with E-state index in [2.05, 4.69) is 15.2 Å². The van der Waals surface area contributed by atoms with Crippen LogP contribution < -0.4 is 5.56 Å². The summed E-state index contributed by atoms with van der Waals surface area (Å²) in [5, 5.41) is 26.6. The predicted molar refractivity (Wildman–Crippen MR) is 91.4 cm³/mol. The number of aromatic amines is 1. The number of aromatic nitrogens is 1. The Bertz CT molecular complexity index is 1260. The Morgan fingerprint density at radius 3 is 2.58 bits per heavy atom. The molecular formula is C16H10N4O5S. The van der Waals surface area contributed by atoms with Crippen LogP contribution in [0.4, 0.5) is 11.4 Å². The van der Waals surface area contributed by atoms with E-state index in [4.69, 9.17) is 9.81 Å². The topological polar surface area (TPSA) is 156 Å². The molecule has 0 spiro atoms. The highest BCUT2D eigenvalue weighted by atomic mass is 32.2. The lowest BCUT2D eigenvalue weighted by molar-refractivity contribution is 0.480. The Balaban J connectivity index is 2.15. The van der Waals surface area contributed by atoms with Crippen LogP contribution in [0.5, 0.6) is 5.75 Å².